The van der Waals surface area contributed by atoms with Gasteiger partial charge in [0, 0.05) is 25.7 Å². The molecule has 1 heterocycles. The number of amides is 1. The molecule has 30 heavy (non-hydrogen) atoms. The standard InChI is InChI=1S/C23H28N2O4S/c1-29-21-12-10-20(18-22(21)30(27,28)25-16-6-3-7-17-25)11-13-23(26)24-15-14-19-8-4-2-5-9-19/h2,4-5,8-13,18H,3,6-7,14-17H2,1H3,(H,24,26). The lowest BCUT2D eigenvalue weighted by Gasteiger charge is -2.26. The Hall–Kier alpha value is -2.64. The van der Waals surface area contributed by atoms with Crippen LogP contribution in [0.25, 0.3) is 6.08 Å². The van der Waals surface area contributed by atoms with Crippen LogP contribution in [0.3, 0.4) is 0 Å². The second-order valence-corrected chi connectivity index (χ2v) is 9.14. The Balaban J connectivity index is 1.67. The summed E-state index contributed by atoms with van der Waals surface area (Å²) in [6.07, 6.45) is 6.57. The lowest BCUT2D eigenvalue weighted by molar-refractivity contribution is -0.116. The number of piperidine rings is 1. The average molecular weight is 429 g/mol. The summed E-state index contributed by atoms with van der Waals surface area (Å²) in [5.74, 6) is 0.0900. The zero-order chi connectivity index (χ0) is 21.4. The molecule has 0 unspecified atom stereocenters. The lowest BCUT2D eigenvalue weighted by Crippen LogP contribution is -2.35. The molecule has 0 saturated carbocycles. The van der Waals surface area contributed by atoms with Crippen molar-refractivity contribution in [2.75, 3.05) is 26.7 Å². The van der Waals surface area contributed by atoms with E-state index in [1.807, 2.05) is 30.3 Å². The summed E-state index contributed by atoms with van der Waals surface area (Å²) in [6.45, 7) is 1.58. The number of nitrogens with zero attached hydrogens (tertiary/aromatic N) is 1. The largest absolute Gasteiger partial charge is 0.495 e. The fraction of sp³-hybridized carbons (Fsp3) is 0.348. The Labute approximate surface area is 178 Å². The normalized spacial score (nSPS) is 15.2. The molecule has 1 aliphatic heterocycles. The van der Waals surface area contributed by atoms with Crippen molar-refractivity contribution in [3.63, 3.8) is 0 Å². The molecule has 1 amide bonds. The first-order valence-electron chi connectivity index (χ1n) is 10.2. The first-order chi connectivity index (χ1) is 14.5. The molecule has 7 heteroatoms. The van der Waals surface area contributed by atoms with Crippen LogP contribution in [0.1, 0.15) is 30.4 Å². The monoisotopic (exact) mass is 428 g/mol. The Morgan fingerprint density at radius 1 is 1.10 bits per heavy atom. The third kappa shape index (κ3) is 5.70. The van der Waals surface area contributed by atoms with Gasteiger partial charge in [-0.1, -0.05) is 42.8 Å². The molecule has 1 saturated heterocycles. The zero-order valence-corrected chi connectivity index (χ0v) is 18.0. The molecule has 0 atom stereocenters. The molecule has 0 spiro atoms. The Bertz CT molecular complexity index is 982. The first kappa shape index (κ1) is 22.1. The Kier molecular flexibility index (Phi) is 7.65. The van der Waals surface area contributed by atoms with Crippen molar-refractivity contribution in [3.05, 3.63) is 65.7 Å². The molecule has 2 aromatic rings. The Morgan fingerprint density at radius 2 is 1.83 bits per heavy atom. The van der Waals surface area contributed by atoms with Gasteiger partial charge < -0.3 is 10.1 Å². The van der Waals surface area contributed by atoms with E-state index in [0.29, 0.717) is 30.9 Å². The van der Waals surface area contributed by atoms with Gasteiger partial charge in [-0.3, -0.25) is 4.79 Å². The molecule has 160 valence electrons. The van der Waals surface area contributed by atoms with Crippen LogP contribution in [-0.2, 0) is 21.2 Å². The van der Waals surface area contributed by atoms with Crippen molar-refractivity contribution >= 4 is 22.0 Å². The number of rotatable bonds is 8. The first-order valence-corrected chi connectivity index (χ1v) is 11.6. The van der Waals surface area contributed by atoms with Gasteiger partial charge in [-0.15, -0.1) is 0 Å². The molecule has 0 radical (unpaired) electrons. The van der Waals surface area contributed by atoms with Crippen molar-refractivity contribution < 1.29 is 17.9 Å². The number of hydrogen-bond acceptors (Lipinski definition) is 4. The van der Waals surface area contributed by atoms with Crippen LogP contribution in [0.15, 0.2) is 59.5 Å². The number of carbonyl (C=O) groups excluding carboxylic acids is 1. The minimum atomic E-state index is -3.64. The van der Waals surface area contributed by atoms with Crippen molar-refractivity contribution in [2.24, 2.45) is 0 Å². The van der Waals surface area contributed by atoms with Crippen LogP contribution in [0.2, 0.25) is 0 Å². The molecular weight excluding hydrogens is 400 g/mol. The van der Waals surface area contributed by atoms with Crippen LogP contribution in [-0.4, -0.2) is 45.4 Å². The van der Waals surface area contributed by atoms with Crippen LogP contribution in [0.5, 0.6) is 5.75 Å². The summed E-state index contributed by atoms with van der Waals surface area (Å²) in [5.41, 5.74) is 1.79. The fourth-order valence-electron chi connectivity index (χ4n) is 3.45. The highest BCUT2D eigenvalue weighted by molar-refractivity contribution is 7.89. The molecule has 3 rings (SSSR count). The van der Waals surface area contributed by atoms with Gasteiger partial charge in [-0.2, -0.15) is 4.31 Å². The van der Waals surface area contributed by atoms with Gasteiger partial charge in [0.1, 0.15) is 10.6 Å². The summed E-state index contributed by atoms with van der Waals surface area (Å²) in [5, 5.41) is 2.84. The zero-order valence-electron chi connectivity index (χ0n) is 17.2. The van der Waals surface area contributed by atoms with Gasteiger partial charge in [-0.25, -0.2) is 8.42 Å². The summed E-state index contributed by atoms with van der Waals surface area (Å²) in [6, 6.07) is 14.9. The average Bonchev–Trinajstić information content (AvgIpc) is 2.79. The van der Waals surface area contributed by atoms with E-state index < -0.39 is 10.0 Å². The van der Waals surface area contributed by atoms with Crippen LogP contribution in [0.4, 0.5) is 0 Å². The molecule has 1 fully saturated rings. The van der Waals surface area contributed by atoms with Crippen LogP contribution < -0.4 is 10.1 Å². The summed E-state index contributed by atoms with van der Waals surface area (Å²) < 4.78 is 33.0. The predicted octanol–water partition coefficient (Wildman–Crippen LogP) is 3.24. The predicted molar refractivity (Wildman–Crippen MR) is 118 cm³/mol. The van der Waals surface area contributed by atoms with E-state index in [0.717, 1.165) is 31.2 Å². The topological polar surface area (TPSA) is 75.7 Å². The van der Waals surface area contributed by atoms with Gasteiger partial charge in [0.05, 0.1) is 7.11 Å². The van der Waals surface area contributed by atoms with E-state index >= 15 is 0 Å². The quantitative estimate of drug-likeness (QED) is 0.655. The van der Waals surface area contributed by atoms with Crippen LogP contribution >= 0.6 is 0 Å². The van der Waals surface area contributed by atoms with Gasteiger partial charge in [-0.05, 0) is 48.6 Å². The molecular formula is C23H28N2O4S. The molecule has 1 N–H and O–H groups in total. The molecule has 6 nitrogen and oxygen atoms in total. The van der Waals surface area contributed by atoms with E-state index in [-0.39, 0.29) is 10.8 Å². The third-order valence-corrected chi connectivity index (χ3v) is 7.02. The van der Waals surface area contributed by atoms with Crippen LogP contribution in [0, 0.1) is 0 Å². The smallest absolute Gasteiger partial charge is 0.246 e. The third-order valence-electron chi connectivity index (χ3n) is 5.10. The molecule has 0 aromatic heterocycles. The van der Waals surface area contributed by atoms with E-state index in [1.165, 1.54) is 17.5 Å². The highest BCUT2D eigenvalue weighted by Crippen LogP contribution is 2.29. The van der Waals surface area contributed by atoms with Gasteiger partial charge in [0.2, 0.25) is 15.9 Å². The van der Waals surface area contributed by atoms with Crippen molar-refractivity contribution in [2.45, 2.75) is 30.6 Å². The molecule has 0 bridgehead atoms. The maximum atomic E-state index is 13.1. The number of ether oxygens (including phenoxy) is 1. The minimum Gasteiger partial charge on any atom is -0.495 e. The molecule has 1 aliphatic rings. The van der Waals surface area contributed by atoms with Crippen molar-refractivity contribution in [1.29, 1.82) is 0 Å². The number of sulfonamides is 1. The Morgan fingerprint density at radius 3 is 2.53 bits per heavy atom. The van der Waals surface area contributed by atoms with E-state index in [2.05, 4.69) is 5.32 Å². The minimum absolute atomic E-state index is 0.138. The van der Waals surface area contributed by atoms with Gasteiger partial charge >= 0.3 is 0 Å². The molecule has 2 aromatic carbocycles. The SMILES string of the molecule is COc1ccc(C=CC(=O)NCCc2ccccc2)cc1S(=O)(=O)N1CCCCC1. The number of methoxy groups -OCH3 is 1. The van der Waals surface area contributed by atoms with Crippen molar-refractivity contribution in [1.82, 2.24) is 9.62 Å². The van der Waals surface area contributed by atoms with E-state index in [1.54, 1.807) is 24.3 Å². The molecule has 0 aliphatic carbocycles. The maximum Gasteiger partial charge on any atom is 0.246 e. The number of hydrogen-bond donors (Lipinski definition) is 1. The number of carbonyl (C=O) groups is 1. The van der Waals surface area contributed by atoms with Gasteiger partial charge in [0.25, 0.3) is 0 Å². The highest BCUT2D eigenvalue weighted by atomic mass is 32.2. The van der Waals surface area contributed by atoms with Crippen molar-refractivity contribution in [3.8, 4) is 5.75 Å². The van der Waals surface area contributed by atoms with Gasteiger partial charge in [0.15, 0.2) is 0 Å². The maximum absolute atomic E-state index is 13.1. The fourth-order valence-corrected chi connectivity index (χ4v) is 5.16. The second-order valence-electron chi connectivity index (χ2n) is 7.24. The summed E-state index contributed by atoms with van der Waals surface area (Å²) in [4.78, 5) is 12.2. The summed E-state index contributed by atoms with van der Waals surface area (Å²) in [7, 11) is -2.18. The number of benzene rings is 2. The highest BCUT2D eigenvalue weighted by Gasteiger charge is 2.28. The van der Waals surface area contributed by atoms with E-state index in [9.17, 15) is 13.2 Å². The summed E-state index contributed by atoms with van der Waals surface area (Å²) >= 11 is 0. The number of nitrogens with one attached hydrogen (secondary N) is 1. The van der Waals surface area contributed by atoms with E-state index in [4.69, 9.17) is 4.74 Å². The lowest BCUT2D eigenvalue weighted by atomic mass is 10.1. The second kappa shape index (κ2) is 10.4.